The fourth-order valence-electron chi connectivity index (χ4n) is 0.917. The van der Waals surface area contributed by atoms with E-state index in [1.54, 1.807) is 0 Å². The second kappa shape index (κ2) is 4.86. The first-order chi connectivity index (χ1) is 6.60. The Bertz CT molecular complexity index is 328. The number of benzene rings is 1. The minimum atomic E-state index is -1.60. The zero-order valence-electron chi connectivity index (χ0n) is 6.88. The number of rotatable bonds is 0. The monoisotopic (exact) mass is 344 g/mol. The average molecular weight is 347 g/mol. The lowest BCUT2D eigenvalue weighted by molar-refractivity contribution is 1.17. The highest BCUT2D eigenvalue weighted by Gasteiger charge is 2.28. The van der Waals surface area contributed by atoms with E-state index in [4.69, 9.17) is 81.2 Å². The molecule has 0 heterocycles. The Labute approximate surface area is 122 Å². The highest BCUT2D eigenvalue weighted by Crippen LogP contribution is 2.44. The van der Waals surface area contributed by atoms with E-state index in [-0.39, 0.29) is 0 Å². The van der Waals surface area contributed by atoms with Gasteiger partial charge in [0, 0.05) is 16.1 Å². The third-order valence-electron chi connectivity index (χ3n) is 1.55. The van der Waals surface area contributed by atoms with E-state index < -0.39 is 7.59 Å². The fourth-order valence-corrected chi connectivity index (χ4v) is 1.81. The zero-order valence-corrected chi connectivity index (χ0v) is 12.2. The molecule has 7 heteroatoms. The molecular formula is C8H3Cl7. The van der Waals surface area contributed by atoms with Crippen molar-refractivity contribution in [2.24, 2.45) is 0 Å². The molecule has 0 unspecified atom stereocenters. The Morgan fingerprint density at radius 1 is 0.667 bits per heavy atom. The van der Waals surface area contributed by atoms with Gasteiger partial charge in [-0.1, -0.05) is 81.2 Å². The Balaban J connectivity index is 3.30. The van der Waals surface area contributed by atoms with Crippen LogP contribution in [0.3, 0.4) is 0 Å². The quantitative estimate of drug-likeness (QED) is 0.506. The normalized spacial score (nSPS) is 13.0. The van der Waals surface area contributed by atoms with Gasteiger partial charge in [0.2, 0.25) is 7.59 Å². The van der Waals surface area contributed by atoms with Gasteiger partial charge < -0.3 is 0 Å². The van der Waals surface area contributed by atoms with Crippen molar-refractivity contribution in [1.29, 1.82) is 0 Å². The molecule has 84 valence electrons. The Morgan fingerprint density at radius 3 is 1.27 bits per heavy atom. The maximum absolute atomic E-state index is 5.81. The van der Waals surface area contributed by atoms with Gasteiger partial charge in [0.1, 0.15) is 0 Å². The lowest BCUT2D eigenvalue weighted by atomic mass is 10.1. The smallest absolute Gasteiger partial charge is 0.0843 e. The van der Waals surface area contributed by atoms with Crippen molar-refractivity contribution in [2.75, 3.05) is 0 Å². The Kier molecular flexibility index (Phi) is 4.63. The van der Waals surface area contributed by atoms with Crippen molar-refractivity contribution in [2.45, 2.75) is 7.59 Å². The molecule has 0 fully saturated rings. The summed E-state index contributed by atoms with van der Waals surface area (Å²) in [6, 6.07) is 4.47. The average Bonchev–Trinajstić information content (AvgIpc) is 1.99. The van der Waals surface area contributed by atoms with Gasteiger partial charge in [-0.2, -0.15) is 0 Å². The summed E-state index contributed by atoms with van der Waals surface area (Å²) >= 11 is 40.0. The summed E-state index contributed by atoms with van der Waals surface area (Å²) in [5, 5.41) is 0.333. The van der Waals surface area contributed by atoms with Gasteiger partial charge in [-0.05, 0) is 18.2 Å². The number of hydrogen-bond acceptors (Lipinski definition) is 0. The van der Waals surface area contributed by atoms with Crippen molar-refractivity contribution in [3.05, 3.63) is 34.3 Å². The molecule has 0 amide bonds. The van der Waals surface area contributed by atoms with Gasteiger partial charge in [-0.3, -0.25) is 0 Å². The summed E-state index contributed by atoms with van der Waals surface area (Å²) in [5.41, 5.74) is 0.697. The molecular weight excluding hydrogens is 344 g/mol. The topological polar surface area (TPSA) is 0 Å². The maximum Gasteiger partial charge on any atom is 0.216 e. The molecule has 1 aromatic carbocycles. The Hall–Kier alpha value is 1.25. The molecule has 15 heavy (non-hydrogen) atoms. The van der Waals surface area contributed by atoms with Crippen LogP contribution in [0.4, 0.5) is 0 Å². The fraction of sp³-hybridized carbons (Fsp3) is 0.250. The van der Waals surface area contributed by atoms with Crippen molar-refractivity contribution in [1.82, 2.24) is 0 Å². The van der Waals surface area contributed by atoms with Crippen LogP contribution in [0.2, 0.25) is 5.02 Å². The van der Waals surface area contributed by atoms with Gasteiger partial charge >= 0.3 is 0 Å². The van der Waals surface area contributed by atoms with Crippen molar-refractivity contribution in [3.63, 3.8) is 0 Å². The van der Waals surface area contributed by atoms with E-state index in [9.17, 15) is 0 Å². The summed E-state index contributed by atoms with van der Waals surface area (Å²) < 4.78 is -3.20. The molecule has 0 aromatic heterocycles. The van der Waals surface area contributed by atoms with Gasteiger partial charge in [0.05, 0.1) is 0 Å². The lowest BCUT2D eigenvalue weighted by Crippen LogP contribution is -2.05. The molecule has 0 saturated carbocycles. The standard InChI is InChI=1S/C8H3Cl7/c9-6-2-4(7(10,11)12)1-5(3-6)8(13,14)15/h1-3H. The van der Waals surface area contributed by atoms with Crippen LogP contribution in [0, 0.1) is 0 Å². The van der Waals surface area contributed by atoms with Crippen LogP contribution < -0.4 is 0 Å². The molecule has 1 rings (SSSR count). The predicted molar refractivity (Wildman–Crippen MR) is 69.9 cm³/mol. The molecule has 1 aromatic rings. The summed E-state index contributed by atoms with van der Waals surface area (Å²) in [4.78, 5) is 0. The number of alkyl halides is 6. The first-order valence-electron chi connectivity index (χ1n) is 3.55. The van der Waals surface area contributed by atoms with Crippen LogP contribution >= 0.6 is 81.2 Å². The second-order valence-electron chi connectivity index (χ2n) is 2.72. The maximum atomic E-state index is 5.81. The lowest BCUT2D eigenvalue weighted by Gasteiger charge is -2.17. The van der Waals surface area contributed by atoms with Crippen LogP contribution in [0.25, 0.3) is 0 Å². The van der Waals surface area contributed by atoms with Crippen LogP contribution in [0.15, 0.2) is 18.2 Å². The predicted octanol–water partition coefficient (Wildman–Crippen LogP) is 5.99. The minimum Gasteiger partial charge on any atom is -0.0843 e. The number of halogens is 7. The van der Waals surface area contributed by atoms with E-state index in [0.717, 1.165) is 0 Å². The summed E-state index contributed by atoms with van der Waals surface area (Å²) in [6.07, 6.45) is 0. The van der Waals surface area contributed by atoms with Gasteiger partial charge in [-0.15, -0.1) is 0 Å². The van der Waals surface area contributed by atoms with Crippen LogP contribution in [0.1, 0.15) is 11.1 Å². The summed E-state index contributed by atoms with van der Waals surface area (Å²) in [6.45, 7) is 0. The first-order valence-corrected chi connectivity index (χ1v) is 6.20. The molecule has 0 radical (unpaired) electrons. The van der Waals surface area contributed by atoms with E-state index in [1.165, 1.54) is 18.2 Å². The van der Waals surface area contributed by atoms with Gasteiger partial charge in [-0.25, -0.2) is 0 Å². The zero-order chi connectivity index (χ0) is 11.9. The highest BCUT2D eigenvalue weighted by atomic mass is 35.6. The van der Waals surface area contributed by atoms with E-state index in [1.807, 2.05) is 0 Å². The number of hydrogen-bond donors (Lipinski definition) is 0. The van der Waals surface area contributed by atoms with Crippen LogP contribution in [-0.2, 0) is 7.59 Å². The Morgan fingerprint density at radius 2 is 1.00 bits per heavy atom. The third kappa shape index (κ3) is 4.20. The highest BCUT2D eigenvalue weighted by molar-refractivity contribution is 6.67. The van der Waals surface area contributed by atoms with E-state index >= 15 is 0 Å². The van der Waals surface area contributed by atoms with E-state index in [2.05, 4.69) is 0 Å². The third-order valence-corrected chi connectivity index (χ3v) is 3.08. The van der Waals surface area contributed by atoms with Crippen LogP contribution in [0.5, 0.6) is 0 Å². The van der Waals surface area contributed by atoms with Crippen molar-refractivity contribution >= 4 is 81.2 Å². The largest absolute Gasteiger partial charge is 0.216 e. The van der Waals surface area contributed by atoms with Gasteiger partial charge in [0.25, 0.3) is 0 Å². The minimum absolute atomic E-state index is 0.333. The van der Waals surface area contributed by atoms with Gasteiger partial charge in [0.15, 0.2) is 0 Å². The molecule has 0 atom stereocenters. The SMILES string of the molecule is Clc1cc(C(Cl)(Cl)Cl)cc(C(Cl)(Cl)Cl)c1. The molecule has 0 aliphatic rings. The first kappa shape index (κ1) is 14.3. The molecule has 0 aliphatic carbocycles. The molecule has 0 spiro atoms. The molecule has 0 saturated heterocycles. The molecule has 0 N–H and O–H groups in total. The second-order valence-corrected chi connectivity index (χ2v) is 7.72. The summed E-state index contributed by atoms with van der Waals surface area (Å²) in [7, 11) is 0. The molecule has 0 nitrogen and oxygen atoms in total. The summed E-state index contributed by atoms with van der Waals surface area (Å²) in [5.74, 6) is 0. The van der Waals surface area contributed by atoms with Crippen molar-refractivity contribution < 1.29 is 0 Å². The van der Waals surface area contributed by atoms with Crippen molar-refractivity contribution in [3.8, 4) is 0 Å². The molecule has 0 aliphatic heterocycles. The van der Waals surface area contributed by atoms with E-state index in [0.29, 0.717) is 16.1 Å². The molecule has 0 bridgehead atoms. The van der Waals surface area contributed by atoms with Crippen LogP contribution in [-0.4, -0.2) is 0 Å².